The van der Waals surface area contributed by atoms with E-state index in [1.165, 1.54) is 61.7 Å². The molecule has 3 rings (SSSR count). The van der Waals surface area contributed by atoms with Crippen molar-refractivity contribution in [1.82, 2.24) is 0 Å². The Hall–Kier alpha value is -4.80. The molecule has 0 aliphatic carbocycles. The van der Waals surface area contributed by atoms with Gasteiger partial charge < -0.3 is 35.2 Å². The summed E-state index contributed by atoms with van der Waals surface area (Å²) in [5.41, 5.74) is 12.7. The number of esters is 2. The normalized spacial score (nSPS) is 11.3. The Bertz CT molecular complexity index is 1410. The molecule has 0 spiro atoms. The summed E-state index contributed by atoms with van der Waals surface area (Å²) < 4.78 is 56.0. The molecule has 0 saturated heterocycles. The Balaban J connectivity index is 1.35. The van der Waals surface area contributed by atoms with Gasteiger partial charge in [0.1, 0.15) is 5.75 Å². The molecule has 3 aromatic carbocycles. The van der Waals surface area contributed by atoms with Crippen LogP contribution in [0.1, 0.15) is 66.9 Å². The summed E-state index contributed by atoms with van der Waals surface area (Å²) in [4.78, 5) is 24.1. The Kier molecular flexibility index (Phi) is 13.5. The van der Waals surface area contributed by atoms with Crippen LogP contribution in [0.2, 0.25) is 0 Å². The first-order valence-electron chi connectivity index (χ1n) is 14.8. The third-order valence-corrected chi connectivity index (χ3v) is 6.52. The van der Waals surface area contributed by atoms with Gasteiger partial charge in [-0.1, -0.05) is 25.5 Å². The van der Waals surface area contributed by atoms with E-state index < -0.39 is 18.0 Å². The lowest BCUT2D eigenvalue weighted by molar-refractivity contribution is -0.185. The largest absolute Gasteiger partial charge is 0.493 e. The van der Waals surface area contributed by atoms with Gasteiger partial charge in [0.05, 0.1) is 38.1 Å². The summed E-state index contributed by atoms with van der Waals surface area (Å²) in [6.07, 6.45) is 3.85. The number of halogens is 2. The number of anilines is 2. The number of hydrogen-bond donors (Lipinski definition) is 2. The van der Waals surface area contributed by atoms with E-state index in [2.05, 4.69) is 0 Å². The lowest BCUT2D eigenvalue weighted by atomic mass is 10.1. The monoisotopic (exact) mass is 626 g/mol. The van der Waals surface area contributed by atoms with Crippen LogP contribution in [0.15, 0.2) is 66.7 Å². The zero-order valence-corrected chi connectivity index (χ0v) is 25.6. The van der Waals surface area contributed by atoms with Gasteiger partial charge in [-0.3, -0.25) is 0 Å². The Labute approximate surface area is 262 Å². The standard InChI is InChI=1S/C34H40F2N2O7/c1-3-4-17-42-30-15-12-26(22-31(30)41-2)34(35,36)45-29-13-9-24(10-14-29)11-16-32(39)43-18-7-5-6-8-19-44-33(40)25-20-27(37)23-28(38)21-25/h9-16,20-23H,3-8,17-19,37-38H2,1-2H3. The van der Waals surface area contributed by atoms with Gasteiger partial charge in [0.2, 0.25) is 0 Å². The number of alkyl halides is 2. The van der Waals surface area contributed by atoms with Crippen molar-refractivity contribution in [2.45, 2.75) is 51.6 Å². The minimum absolute atomic E-state index is 0.0498. The highest BCUT2D eigenvalue weighted by molar-refractivity contribution is 5.91. The number of nitrogens with two attached hydrogens (primary N) is 2. The van der Waals surface area contributed by atoms with Crippen LogP contribution in [0.25, 0.3) is 6.08 Å². The van der Waals surface area contributed by atoms with Crippen molar-refractivity contribution in [2.75, 3.05) is 38.4 Å². The van der Waals surface area contributed by atoms with E-state index in [1.54, 1.807) is 18.2 Å². The van der Waals surface area contributed by atoms with Gasteiger partial charge in [0.15, 0.2) is 11.5 Å². The van der Waals surface area contributed by atoms with Crippen LogP contribution in [0.5, 0.6) is 17.2 Å². The first kappa shape index (κ1) is 34.7. The fourth-order valence-corrected chi connectivity index (χ4v) is 4.13. The first-order chi connectivity index (χ1) is 21.6. The van der Waals surface area contributed by atoms with E-state index in [0.717, 1.165) is 25.7 Å². The minimum atomic E-state index is -3.62. The number of carbonyl (C=O) groups excluding carboxylic acids is 2. The molecule has 242 valence electrons. The minimum Gasteiger partial charge on any atom is -0.493 e. The van der Waals surface area contributed by atoms with Gasteiger partial charge in [-0.2, -0.15) is 8.78 Å². The molecule has 0 radical (unpaired) electrons. The maximum Gasteiger partial charge on any atom is 0.426 e. The van der Waals surface area contributed by atoms with E-state index in [0.29, 0.717) is 47.7 Å². The molecule has 45 heavy (non-hydrogen) atoms. The van der Waals surface area contributed by atoms with Gasteiger partial charge in [-0.25, -0.2) is 9.59 Å². The van der Waals surface area contributed by atoms with Crippen LogP contribution in [0, 0.1) is 0 Å². The Morgan fingerprint density at radius 1 is 0.800 bits per heavy atom. The van der Waals surface area contributed by atoms with Gasteiger partial charge in [-0.05, 0) is 92.3 Å². The SMILES string of the molecule is CCCCOc1ccc(C(F)(F)Oc2ccc(C=CC(=O)OCCCCCCOC(=O)c3cc(N)cc(N)c3)cc2)cc1OC. The van der Waals surface area contributed by atoms with Crippen LogP contribution in [-0.2, 0) is 20.4 Å². The molecule has 0 bridgehead atoms. The second-order valence-corrected chi connectivity index (χ2v) is 10.2. The molecule has 0 heterocycles. The van der Waals surface area contributed by atoms with Crippen molar-refractivity contribution < 1.29 is 42.1 Å². The summed E-state index contributed by atoms with van der Waals surface area (Å²) in [5.74, 6) is -0.470. The molecule has 0 aliphatic heterocycles. The highest BCUT2D eigenvalue weighted by atomic mass is 19.3. The Morgan fingerprint density at radius 3 is 2.11 bits per heavy atom. The molecule has 0 saturated carbocycles. The van der Waals surface area contributed by atoms with Crippen molar-refractivity contribution >= 4 is 29.4 Å². The number of methoxy groups -OCH3 is 1. The third-order valence-electron chi connectivity index (χ3n) is 6.52. The maximum atomic E-state index is 14.9. The summed E-state index contributed by atoms with van der Waals surface area (Å²) >= 11 is 0. The van der Waals surface area contributed by atoms with Crippen LogP contribution >= 0.6 is 0 Å². The number of hydrogen-bond acceptors (Lipinski definition) is 9. The molecule has 4 N–H and O–H groups in total. The van der Waals surface area contributed by atoms with Gasteiger partial charge in [0.25, 0.3) is 0 Å². The van der Waals surface area contributed by atoms with Gasteiger partial charge in [0, 0.05) is 17.5 Å². The molecule has 11 heteroatoms. The van der Waals surface area contributed by atoms with E-state index in [4.69, 9.17) is 35.2 Å². The fraction of sp³-hybridized carbons (Fsp3) is 0.353. The predicted octanol–water partition coefficient (Wildman–Crippen LogP) is 7.14. The topological polar surface area (TPSA) is 132 Å². The molecule has 0 aliphatic rings. The zero-order valence-electron chi connectivity index (χ0n) is 25.6. The van der Waals surface area contributed by atoms with Crippen molar-refractivity contribution in [3.63, 3.8) is 0 Å². The Morgan fingerprint density at radius 2 is 1.47 bits per heavy atom. The van der Waals surface area contributed by atoms with E-state index in [-0.39, 0.29) is 30.3 Å². The summed E-state index contributed by atoms with van der Waals surface area (Å²) in [7, 11) is 1.39. The number of unbranched alkanes of at least 4 members (excludes halogenated alkanes) is 4. The maximum absolute atomic E-state index is 14.9. The van der Waals surface area contributed by atoms with Crippen LogP contribution in [0.4, 0.5) is 20.2 Å². The molecule has 0 unspecified atom stereocenters. The number of ether oxygens (including phenoxy) is 5. The smallest absolute Gasteiger partial charge is 0.426 e. The molecule has 0 fully saturated rings. The second-order valence-electron chi connectivity index (χ2n) is 10.2. The van der Waals surface area contributed by atoms with Crippen LogP contribution in [-0.4, -0.2) is 38.9 Å². The quantitative estimate of drug-likeness (QED) is 0.0654. The van der Waals surface area contributed by atoms with E-state index in [1.807, 2.05) is 6.92 Å². The number of benzene rings is 3. The van der Waals surface area contributed by atoms with Crippen molar-refractivity contribution in [3.05, 3.63) is 83.4 Å². The molecular formula is C34H40F2N2O7. The molecular weight excluding hydrogens is 586 g/mol. The average Bonchev–Trinajstić information content (AvgIpc) is 3.01. The summed E-state index contributed by atoms with van der Waals surface area (Å²) in [5, 5.41) is 0. The molecule has 0 aromatic heterocycles. The highest BCUT2D eigenvalue weighted by Gasteiger charge is 2.35. The molecule has 3 aromatic rings. The predicted molar refractivity (Wildman–Crippen MR) is 168 cm³/mol. The summed E-state index contributed by atoms with van der Waals surface area (Å²) in [6.45, 7) is 2.99. The van der Waals surface area contributed by atoms with Crippen LogP contribution in [0.3, 0.4) is 0 Å². The zero-order chi connectivity index (χ0) is 32.7. The van der Waals surface area contributed by atoms with E-state index >= 15 is 0 Å². The summed E-state index contributed by atoms with van der Waals surface area (Å²) in [6, 6.07) is 14.3. The van der Waals surface area contributed by atoms with Crippen molar-refractivity contribution in [3.8, 4) is 17.2 Å². The van der Waals surface area contributed by atoms with Crippen molar-refractivity contribution in [2.24, 2.45) is 0 Å². The average molecular weight is 627 g/mol. The molecule has 0 atom stereocenters. The third kappa shape index (κ3) is 11.7. The second kappa shape index (κ2) is 17.5. The number of carbonyl (C=O) groups is 2. The highest BCUT2D eigenvalue weighted by Crippen LogP contribution is 2.37. The van der Waals surface area contributed by atoms with Crippen molar-refractivity contribution in [1.29, 1.82) is 0 Å². The number of rotatable bonds is 18. The lowest BCUT2D eigenvalue weighted by Gasteiger charge is -2.20. The van der Waals surface area contributed by atoms with E-state index in [9.17, 15) is 18.4 Å². The molecule has 9 nitrogen and oxygen atoms in total. The first-order valence-corrected chi connectivity index (χ1v) is 14.8. The fourth-order valence-electron chi connectivity index (χ4n) is 4.13. The van der Waals surface area contributed by atoms with Crippen LogP contribution < -0.4 is 25.7 Å². The van der Waals surface area contributed by atoms with Gasteiger partial charge >= 0.3 is 18.0 Å². The lowest BCUT2D eigenvalue weighted by Crippen LogP contribution is -2.22. The number of nitrogen functional groups attached to an aromatic ring is 2. The van der Waals surface area contributed by atoms with Gasteiger partial charge in [-0.15, -0.1) is 0 Å². The molecule has 0 amide bonds.